The first-order chi connectivity index (χ1) is 11.7. The van der Waals surface area contributed by atoms with Crippen molar-refractivity contribution in [2.45, 2.75) is 46.5 Å². The molecule has 0 spiro atoms. The first-order valence-corrected chi connectivity index (χ1v) is 9.18. The Morgan fingerprint density at radius 1 is 0.667 bits per heavy atom. The van der Waals surface area contributed by atoms with Crippen molar-refractivity contribution in [3.8, 4) is 11.5 Å². The lowest BCUT2D eigenvalue weighted by molar-refractivity contribution is 0.217. The highest BCUT2D eigenvalue weighted by Crippen LogP contribution is 2.19. The van der Waals surface area contributed by atoms with Crippen LogP contribution in [0.4, 0.5) is 0 Å². The smallest absolute Gasteiger partial charge is 0.122 e. The van der Waals surface area contributed by atoms with Gasteiger partial charge in [0.1, 0.15) is 24.7 Å². The zero-order valence-electron chi connectivity index (χ0n) is 15.3. The zero-order valence-corrected chi connectivity index (χ0v) is 15.3. The Bertz CT molecular complexity index is 568. The molecule has 2 heteroatoms. The second-order valence-corrected chi connectivity index (χ2v) is 6.23. The molecule has 0 aromatic heterocycles. The second-order valence-electron chi connectivity index (χ2n) is 6.23. The molecule has 0 unspecified atom stereocenters. The molecule has 2 aromatic rings. The predicted octanol–water partition coefficient (Wildman–Crippen LogP) is 5.69. The van der Waals surface area contributed by atoms with Gasteiger partial charge in [-0.15, -0.1) is 0 Å². The molecule has 0 saturated carbocycles. The van der Waals surface area contributed by atoms with E-state index in [0.717, 1.165) is 30.3 Å². The minimum atomic E-state index is 0.557. The van der Waals surface area contributed by atoms with Gasteiger partial charge in [0, 0.05) is 0 Å². The summed E-state index contributed by atoms with van der Waals surface area (Å²) in [6, 6.07) is 16.7. The van der Waals surface area contributed by atoms with Crippen molar-refractivity contribution < 1.29 is 9.47 Å². The number of benzene rings is 2. The highest BCUT2D eigenvalue weighted by atomic mass is 16.5. The summed E-state index contributed by atoms with van der Waals surface area (Å²) in [7, 11) is 0. The quantitative estimate of drug-likeness (QED) is 0.522. The van der Waals surface area contributed by atoms with E-state index in [1.54, 1.807) is 0 Å². The largest absolute Gasteiger partial charge is 0.490 e. The molecule has 24 heavy (non-hydrogen) atoms. The summed E-state index contributed by atoms with van der Waals surface area (Å²) in [5.41, 5.74) is 2.72. The van der Waals surface area contributed by atoms with Gasteiger partial charge in [-0.3, -0.25) is 0 Å². The van der Waals surface area contributed by atoms with E-state index in [9.17, 15) is 0 Å². The molecule has 0 aliphatic carbocycles. The summed E-state index contributed by atoms with van der Waals surface area (Å²) in [5, 5.41) is 0. The molecule has 0 fully saturated rings. The van der Waals surface area contributed by atoms with E-state index in [0.29, 0.717) is 13.2 Å². The van der Waals surface area contributed by atoms with Crippen LogP contribution in [0.3, 0.4) is 0 Å². The van der Waals surface area contributed by atoms with Crippen LogP contribution in [-0.4, -0.2) is 13.2 Å². The van der Waals surface area contributed by atoms with Crippen LogP contribution in [0.1, 0.15) is 44.7 Å². The van der Waals surface area contributed by atoms with E-state index >= 15 is 0 Å². The molecule has 0 bridgehead atoms. The van der Waals surface area contributed by atoms with Gasteiger partial charge in [0.05, 0.1) is 0 Å². The topological polar surface area (TPSA) is 18.5 Å². The highest BCUT2D eigenvalue weighted by Gasteiger charge is 2.05. The summed E-state index contributed by atoms with van der Waals surface area (Å²) < 4.78 is 11.5. The van der Waals surface area contributed by atoms with Crippen LogP contribution in [0.5, 0.6) is 11.5 Å². The average Bonchev–Trinajstić information content (AvgIpc) is 2.65. The van der Waals surface area contributed by atoms with Crippen molar-refractivity contribution in [1.29, 1.82) is 0 Å². The molecule has 0 N–H and O–H groups in total. The maximum Gasteiger partial charge on any atom is 0.122 e. The summed E-state index contributed by atoms with van der Waals surface area (Å²) >= 11 is 0. The molecular formula is C22H30O2. The van der Waals surface area contributed by atoms with Crippen LogP contribution in [0.25, 0.3) is 0 Å². The van der Waals surface area contributed by atoms with E-state index < -0.39 is 0 Å². The first kappa shape index (κ1) is 18.4. The van der Waals surface area contributed by atoms with Gasteiger partial charge < -0.3 is 9.47 Å². The van der Waals surface area contributed by atoms with Gasteiger partial charge in [0.2, 0.25) is 0 Å². The Balaban J connectivity index is 1.72. The molecule has 0 heterocycles. The third-order valence-electron chi connectivity index (χ3n) is 4.55. The van der Waals surface area contributed by atoms with Crippen LogP contribution in [-0.2, 0) is 12.8 Å². The molecule has 2 aromatic carbocycles. The van der Waals surface area contributed by atoms with Crippen LogP contribution < -0.4 is 9.47 Å². The monoisotopic (exact) mass is 326 g/mol. The van der Waals surface area contributed by atoms with Crippen molar-refractivity contribution in [2.75, 3.05) is 13.2 Å². The number of rotatable bonds is 10. The maximum absolute atomic E-state index is 5.76. The predicted molar refractivity (Wildman–Crippen MR) is 101 cm³/mol. The van der Waals surface area contributed by atoms with Gasteiger partial charge in [-0.1, -0.05) is 57.9 Å². The van der Waals surface area contributed by atoms with E-state index in [1.807, 2.05) is 12.1 Å². The molecule has 130 valence electrons. The third kappa shape index (κ3) is 5.92. The van der Waals surface area contributed by atoms with Crippen molar-refractivity contribution >= 4 is 0 Å². The lowest BCUT2D eigenvalue weighted by Crippen LogP contribution is -2.09. The number of ether oxygens (including phenoxy) is 2. The van der Waals surface area contributed by atoms with Gasteiger partial charge in [-0.25, -0.2) is 0 Å². The van der Waals surface area contributed by atoms with Crippen LogP contribution in [0.15, 0.2) is 48.5 Å². The zero-order chi connectivity index (χ0) is 17.2. The SMILES string of the molecule is CCc1ccc(OCCOc2ccc(CC(CC)CC)cc2)cc1. The average molecular weight is 326 g/mol. The van der Waals surface area contributed by atoms with E-state index in [4.69, 9.17) is 9.47 Å². The first-order valence-electron chi connectivity index (χ1n) is 9.18. The lowest BCUT2D eigenvalue weighted by Gasteiger charge is -2.13. The van der Waals surface area contributed by atoms with E-state index in [2.05, 4.69) is 57.2 Å². The molecular weight excluding hydrogens is 296 g/mol. The van der Waals surface area contributed by atoms with Gasteiger partial charge in [-0.2, -0.15) is 0 Å². The fourth-order valence-corrected chi connectivity index (χ4v) is 2.77. The summed E-state index contributed by atoms with van der Waals surface area (Å²) in [5.74, 6) is 2.59. The lowest BCUT2D eigenvalue weighted by atomic mass is 9.95. The molecule has 0 saturated heterocycles. The van der Waals surface area contributed by atoms with Crippen LogP contribution in [0.2, 0.25) is 0 Å². The van der Waals surface area contributed by atoms with E-state index in [-0.39, 0.29) is 0 Å². The number of aryl methyl sites for hydroxylation is 1. The highest BCUT2D eigenvalue weighted by molar-refractivity contribution is 5.28. The Kier molecular flexibility index (Phi) is 7.67. The molecule has 0 aliphatic heterocycles. The Hall–Kier alpha value is -1.96. The minimum Gasteiger partial charge on any atom is -0.490 e. The number of hydrogen-bond donors (Lipinski definition) is 0. The number of hydrogen-bond acceptors (Lipinski definition) is 2. The van der Waals surface area contributed by atoms with Gasteiger partial charge in [0.15, 0.2) is 0 Å². The molecule has 2 rings (SSSR count). The van der Waals surface area contributed by atoms with Crippen molar-refractivity contribution in [3.05, 3.63) is 59.7 Å². The molecule has 2 nitrogen and oxygen atoms in total. The normalized spacial score (nSPS) is 10.8. The second kappa shape index (κ2) is 10.0. The van der Waals surface area contributed by atoms with Gasteiger partial charge in [0.25, 0.3) is 0 Å². The van der Waals surface area contributed by atoms with E-state index in [1.165, 1.54) is 24.0 Å². The summed E-state index contributed by atoms with van der Waals surface area (Å²) in [6.07, 6.45) is 4.69. The molecule has 0 atom stereocenters. The molecule has 0 radical (unpaired) electrons. The van der Waals surface area contributed by atoms with Crippen molar-refractivity contribution in [3.63, 3.8) is 0 Å². The minimum absolute atomic E-state index is 0.557. The van der Waals surface area contributed by atoms with Crippen molar-refractivity contribution in [1.82, 2.24) is 0 Å². The van der Waals surface area contributed by atoms with Crippen LogP contribution >= 0.6 is 0 Å². The standard InChI is InChI=1S/C22H30O2/c1-4-18(5-2)17-20-9-13-22(14-10-20)24-16-15-23-21-11-7-19(6-3)8-12-21/h7-14,18H,4-6,15-17H2,1-3H3. The maximum atomic E-state index is 5.76. The van der Waals surface area contributed by atoms with Crippen molar-refractivity contribution in [2.24, 2.45) is 5.92 Å². The van der Waals surface area contributed by atoms with Crippen LogP contribution in [0, 0.1) is 5.92 Å². The van der Waals surface area contributed by atoms with Gasteiger partial charge in [-0.05, 0) is 54.2 Å². The summed E-state index contributed by atoms with van der Waals surface area (Å²) in [6.45, 7) is 7.80. The third-order valence-corrected chi connectivity index (χ3v) is 4.55. The van der Waals surface area contributed by atoms with Gasteiger partial charge >= 0.3 is 0 Å². The fourth-order valence-electron chi connectivity index (χ4n) is 2.77. The summed E-state index contributed by atoms with van der Waals surface area (Å²) in [4.78, 5) is 0. The molecule has 0 amide bonds. The Morgan fingerprint density at radius 3 is 1.54 bits per heavy atom. The molecule has 0 aliphatic rings. The Morgan fingerprint density at radius 2 is 1.12 bits per heavy atom. The Labute approximate surface area is 146 Å². The fraction of sp³-hybridized carbons (Fsp3) is 0.455.